The number of amides is 1. The van der Waals surface area contributed by atoms with Crippen molar-refractivity contribution in [2.45, 2.75) is 19.0 Å². The van der Waals surface area contributed by atoms with E-state index in [0.717, 1.165) is 34.0 Å². The lowest BCUT2D eigenvalue weighted by Crippen LogP contribution is -2.17. The van der Waals surface area contributed by atoms with Crippen molar-refractivity contribution < 1.29 is 14.3 Å². The van der Waals surface area contributed by atoms with Crippen LogP contribution in [0.5, 0.6) is 0 Å². The molecule has 5 rings (SSSR count). The molecule has 0 aliphatic heterocycles. The summed E-state index contributed by atoms with van der Waals surface area (Å²) in [5.41, 5.74) is 4.39. The summed E-state index contributed by atoms with van der Waals surface area (Å²) in [6, 6.07) is 15.1. The molecule has 11 heteroatoms. The number of thioether (sulfide) groups is 1. The maximum Gasteiger partial charge on any atom is 0.341 e. The molecule has 0 fully saturated rings. The molecule has 0 aliphatic carbocycles. The Balaban J connectivity index is 1.33. The summed E-state index contributed by atoms with van der Waals surface area (Å²) in [5.74, 6) is -0.879. The Kier molecular flexibility index (Phi) is 8.18. The minimum Gasteiger partial charge on any atom is -0.462 e. The highest BCUT2D eigenvalue weighted by Gasteiger charge is 2.23. The molecule has 0 saturated carbocycles. The molecule has 2 N–H and O–H groups in total. The van der Waals surface area contributed by atoms with Crippen LogP contribution in [0, 0.1) is 6.92 Å². The zero-order valence-corrected chi connectivity index (χ0v) is 24.1. The number of esters is 1. The van der Waals surface area contributed by atoms with Crippen molar-refractivity contribution in [3.05, 3.63) is 85.8 Å². The molecule has 2 aromatic carbocycles. The van der Waals surface area contributed by atoms with Gasteiger partial charge in [-0.1, -0.05) is 65.3 Å². The zero-order valence-electron chi connectivity index (χ0n) is 20.9. The molecular weight excluding hydrogens is 574 g/mol. The maximum absolute atomic E-state index is 12.9. The fraction of sp³-hybridized carbons (Fsp3) is 0.143. The average molecular weight is 596 g/mol. The fourth-order valence-corrected chi connectivity index (χ4v) is 6.70. The highest BCUT2D eigenvalue weighted by molar-refractivity contribution is 7.99. The predicted octanol–water partition coefficient (Wildman–Crippen LogP) is 7.25. The number of aryl methyl sites for hydroxylation is 1. The third kappa shape index (κ3) is 5.94. The minimum absolute atomic E-state index is 0.0128. The van der Waals surface area contributed by atoms with E-state index in [4.69, 9.17) is 16.3 Å². The van der Waals surface area contributed by atoms with E-state index in [-0.39, 0.29) is 29.4 Å². The molecule has 3 aromatic heterocycles. The number of thiophene rings is 2. The molecule has 0 aliphatic rings. The second kappa shape index (κ2) is 11.7. The van der Waals surface area contributed by atoms with E-state index in [0.29, 0.717) is 31.0 Å². The van der Waals surface area contributed by atoms with E-state index >= 15 is 0 Å². The number of fused-ring (bicyclic) bond motifs is 1. The van der Waals surface area contributed by atoms with Gasteiger partial charge in [-0.15, -0.1) is 22.7 Å². The summed E-state index contributed by atoms with van der Waals surface area (Å²) >= 11 is 9.75. The van der Waals surface area contributed by atoms with Crippen molar-refractivity contribution in [2.24, 2.45) is 0 Å². The van der Waals surface area contributed by atoms with Crippen LogP contribution in [0.15, 0.2) is 69.2 Å². The highest BCUT2D eigenvalue weighted by Crippen LogP contribution is 2.37. The molecule has 3 heterocycles. The maximum atomic E-state index is 12.9. The molecule has 39 heavy (non-hydrogen) atoms. The molecular formula is C28H22ClN3O4S3. The van der Waals surface area contributed by atoms with Gasteiger partial charge in [-0.25, -0.2) is 9.78 Å². The molecule has 0 atom stereocenters. The number of rotatable bonds is 8. The van der Waals surface area contributed by atoms with Crippen molar-refractivity contribution in [2.75, 3.05) is 17.7 Å². The van der Waals surface area contributed by atoms with Crippen LogP contribution in [-0.2, 0) is 9.53 Å². The van der Waals surface area contributed by atoms with Crippen LogP contribution in [-0.4, -0.2) is 34.2 Å². The minimum atomic E-state index is -0.523. The van der Waals surface area contributed by atoms with Gasteiger partial charge in [-0.3, -0.25) is 9.59 Å². The zero-order chi connectivity index (χ0) is 27.5. The number of H-pyrrole nitrogens is 1. The van der Waals surface area contributed by atoms with Gasteiger partial charge in [0.2, 0.25) is 5.91 Å². The Labute approximate surface area is 241 Å². The summed E-state index contributed by atoms with van der Waals surface area (Å²) in [5, 5.41) is 8.39. The Bertz CT molecular complexity index is 1720. The number of benzene rings is 2. The van der Waals surface area contributed by atoms with Crippen molar-refractivity contribution in [1.82, 2.24) is 9.97 Å². The van der Waals surface area contributed by atoms with E-state index in [9.17, 15) is 14.4 Å². The Morgan fingerprint density at radius 3 is 2.41 bits per heavy atom. The van der Waals surface area contributed by atoms with E-state index in [1.54, 1.807) is 24.4 Å². The fourth-order valence-electron chi connectivity index (χ4n) is 3.94. The molecule has 0 spiro atoms. The molecule has 0 bridgehead atoms. The van der Waals surface area contributed by atoms with Gasteiger partial charge in [0.25, 0.3) is 5.56 Å². The first-order valence-corrected chi connectivity index (χ1v) is 15.0. The number of hydrogen-bond donors (Lipinski definition) is 2. The summed E-state index contributed by atoms with van der Waals surface area (Å²) in [7, 11) is 0. The topological polar surface area (TPSA) is 101 Å². The number of anilines is 1. The Hall–Kier alpha value is -3.44. The predicted molar refractivity (Wildman–Crippen MR) is 160 cm³/mol. The van der Waals surface area contributed by atoms with Crippen molar-refractivity contribution in [3.63, 3.8) is 0 Å². The van der Waals surface area contributed by atoms with Crippen LogP contribution < -0.4 is 10.9 Å². The summed E-state index contributed by atoms with van der Waals surface area (Å²) in [6.45, 7) is 3.94. The number of ether oxygens (including phenoxy) is 1. The first kappa shape index (κ1) is 27.1. The lowest BCUT2D eigenvalue weighted by Gasteiger charge is -2.09. The molecule has 0 radical (unpaired) electrons. The summed E-state index contributed by atoms with van der Waals surface area (Å²) in [4.78, 5) is 46.5. The monoisotopic (exact) mass is 595 g/mol. The van der Waals surface area contributed by atoms with Crippen molar-refractivity contribution >= 4 is 73.1 Å². The van der Waals surface area contributed by atoms with E-state index in [2.05, 4.69) is 15.3 Å². The number of aromatic amines is 1. The van der Waals surface area contributed by atoms with E-state index < -0.39 is 5.97 Å². The number of hydrogen-bond acceptors (Lipinski definition) is 8. The van der Waals surface area contributed by atoms with Crippen molar-refractivity contribution in [1.29, 1.82) is 0 Å². The lowest BCUT2D eigenvalue weighted by atomic mass is 10.0. The van der Waals surface area contributed by atoms with Crippen LogP contribution in [0.4, 0.5) is 5.00 Å². The normalized spacial score (nSPS) is 11.1. The Morgan fingerprint density at radius 1 is 1.03 bits per heavy atom. The van der Waals surface area contributed by atoms with Gasteiger partial charge in [-0.05, 0) is 37.1 Å². The molecule has 5 aromatic rings. The SMILES string of the molecule is CCOC(=O)c1c(-c2ccc(Cl)cc2)csc1NC(=O)CSc1nc2scc(-c3ccc(C)cc3)c2c(=O)[nH]1. The number of carbonyl (C=O) groups is 2. The van der Waals surface area contributed by atoms with Crippen molar-refractivity contribution in [3.8, 4) is 22.3 Å². The number of nitrogens with one attached hydrogen (secondary N) is 2. The molecule has 1 amide bonds. The van der Waals surface area contributed by atoms with Gasteiger partial charge in [0.05, 0.1) is 17.7 Å². The smallest absolute Gasteiger partial charge is 0.341 e. The van der Waals surface area contributed by atoms with Gasteiger partial charge < -0.3 is 15.0 Å². The quantitative estimate of drug-likeness (QED) is 0.111. The van der Waals surface area contributed by atoms with Crippen LogP contribution in [0.3, 0.4) is 0 Å². The third-order valence-corrected chi connectivity index (χ3v) is 8.70. The largest absolute Gasteiger partial charge is 0.462 e. The van der Waals surface area contributed by atoms with E-state index in [1.807, 2.05) is 48.7 Å². The van der Waals surface area contributed by atoms with Gasteiger partial charge in [0.1, 0.15) is 15.4 Å². The summed E-state index contributed by atoms with van der Waals surface area (Å²) < 4.78 is 5.25. The number of nitrogens with zero attached hydrogens (tertiary/aromatic N) is 1. The number of carbonyl (C=O) groups excluding carboxylic acids is 2. The van der Waals surface area contributed by atoms with Crippen LogP contribution in [0.25, 0.3) is 32.5 Å². The lowest BCUT2D eigenvalue weighted by molar-refractivity contribution is -0.113. The second-order valence-corrected chi connectivity index (χ2v) is 11.6. The first-order valence-electron chi connectivity index (χ1n) is 11.9. The molecule has 0 unspecified atom stereocenters. The highest BCUT2D eigenvalue weighted by atomic mass is 35.5. The number of aromatic nitrogens is 2. The van der Waals surface area contributed by atoms with Gasteiger partial charge >= 0.3 is 5.97 Å². The third-order valence-electron chi connectivity index (χ3n) is 5.80. The average Bonchev–Trinajstić information content (AvgIpc) is 3.53. The van der Waals surface area contributed by atoms with E-state index in [1.165, 1.54) is 22.7 Å². The van der Waals surface area contributed by atoms with Gasteiger partial charge in [-0.2, -0.15) is 0 Å². The summed E-state index contributed by atoms with van der Waals surface area (Å²) in [6.07, 6.45) is 0. The molecule has 0 saturated heterocycles. The van der Waals surface area contributed by atoms with Gasteiger partial charge in [0, 0.05) is 26.9 Å². The van der Waals surface area contributed by atoms with Crippen LogP contribution >= 0.6 is 46.0 Å². The second-order valence-electron chi connectivity index (χ2n) is 8.48. The standard InChI is InChI=1S/C28H22ClN3O4S3/c1-3-36-27(35)23-20(17-8-10-18(29)11-9-17)13-38-26(23)30-21(33)14-39-28-31-24(34)22-19(12-37-25(22)32-28)16-6-4-15(2)5-7-16/h4-13H,3,14H2,1-2H3,(H,30,33)(H,31,32,34). The van der Waals surface area contributed by atoms with Crippen LogP contribution in [0.1, 0.15) is 22.8 Å². The molecule has 198 valence electrons. The first-order chi connectivity index (χ1) is 18.8. The Morgan fingerprint density at radius 2 is 1.69 bits per heavy atom. The number of halogens is 1. The molecule has 7 nitrogen and oxygen atoms in total. The van der Waals surface area contributed by atoms with Crippen LogP contribution in [0.2, 0.25) is 5.02 Å². The van der Waals surface area contributed by atoms with Gasteiger partial charge in [0.15, 0.2) is 5.16 Å².